The Morgan fingerprint density at radius 2 is 1.83 bits per heavy atom. The van der Waals surface area contributed by atoms with Gasteiger partial charge in [0.05, 0.1) is 6.21 Å². The Labute approximate surface area is 134 Å². The molecule has 6 nitrogen and oxygen atoms in total. The minimum absolute atomic E-state index is 0.0689. The first-order valence-corrected chi connectivity index (χ1v) is 7.26. The summed E-state index contributed by atoms with van der Waals surface area (Å²) in [5.74, 6) is 0.829. The number of nitrogens with zero attached hydrogens (tertiary/aromatic N) is 1. The third-order valence-electron chi connectivity index (χ3n) is 3.06. The van der Waals surface area contributed by atoms with Gasteiger partial charge in [0.25, 0.3) is 5.91 Å². The van der Waals surface area contributed by atoms with Crippen LogP contribution in [0.1, 0.15) is 35.7 Å². The van der Waals surface area contributed by atoms with Gasteiger partial charge in [-0.15, -0.1) is 0 Å². The summed E-state index contributed by atoms with van der Waals surface area (Å²) in [6.07, 6.45) is 1.43. The number of hydrazone groups is 1. The molecule has 1 aromatic heterocycles. The molecule has 6 heteroatoms. The van der Waals surface area contributed by atoms with E-state index in [0.717, 1.165) is 5.76 Å². The van der Waals surface area contributed by atoms with Crippen molar-refractivity contribution in [3.05, 3.63) is 53.5 Å². The summed E-state index contributed by atoms with van der Waals surface area (Å²) in [4.78, 5) is 23.5. The second-order valence-corrected chi connectivity index (χ2v) is 5.37. The number of carbonyl (C=O) groups is 2. The van der Waals surface area contributed by atoms with Gasteiger partial charge in [-0.2, -0.15) is 5.10 Å². The minimum Gasteiger partial charge on any atom is -0.460 e. The molecule has 0 unspecified atom stereocenters. The van der Waals surface area contributed by atoms with E-state index in [9.17, 15) is 9.59 Å². The molecule has 0 spiro atoms. The summed E-state index contributed by atoms with van der Waals surface area (Å²) in [6, 6.07) is 10.2. The zero-order chi connectivity index (χ0) is 16.8. The highest BCUT2D eigenvalue weighted by molar-refractivity contribution is 5.96. The van der Waals surface area contributed by atoms with Crippen LogP contribution >= 0.6 is 0 Å². The number of carbonyl (C=O) groups excluding carboxylic acids is 2. The smallest absolute Gasteiger partial charge is 0.271 e. The number of anilines is 1. The van der Waals surface area contributed by atoms with Gasteiger partial charge >= 0.3 is 0 Å². The van der Waals surface area contributed by atoms with Crippen molar-refractivity contribution in [3.8, 4) is 0 Å². The summed E-state index contributed by atoms with van der Waals surface area (Å²) in [7, 11) is 0. The van der Waals surface area contributed by atoms with E-state index in [1.165, 1.54) is 6.21 Å². The van der Waals surface area contributed by atoms with Crippen molar-refractivity contribution in [2.75, 3.05) is 5.32 Å². The lowest BCUT2D eigenvalue weighted by Gasteiger charge is -2.08. The summed E-state index contributed by atoms with van der Waals surface area (Å²) in [6.45, 7) is 5.46. The summed E-state index contributed by atoms with van der Waals surface area (Å²) in [5.41, 5.74) is 3.51. The zero-order valence-corrected chi connectivity index (χ0v) is 13.3. The molecule has 2 amide bonds. The van der Waals surface area contributed by atoms with Gasteiger partial charge in [0.1, 0.15) is 11.5 Å². The van der Waals surface area contributed by atoms with E-state index in [1.54, 1.807) is 30.3 Å². The maximum atomic E-state index is 11.9. The van der Waals surface area contributed by atoms with Crippen LogP contribution in [0.15, 0.2) is 45.9 Å². The van der Waals surface area contributed by atoms with E-state index in [1.807, 2.05) is 26.8 Å². The highest BCUT2D eigenvalue weighted by atomic mass is 16.3. The van der Waals surface area contributed by atoms with E-state index in [0.29, 0.717) is 17.0 Å². The second-order valence-electron chi connectivity index (χ2n) is 5.37. The highest BCUT2D eigenvalue weighted by Gasteiger charge is 2.08. The monoisotopic (exact) mass is 313 g/mol. The molecule has 1 aromatic carbocycles. The fourth-order valence-electron chi connectivity index (χ4n) is 1.73. The van der Waals surface area contributed by atoms with Gasteiger partial charge in [0, 0.05) is 17.2 Å². The first-order chi connectivity index (χ1) is 11.0. The molecule has 0 aliphatic carbocycles. The van der Waals surface area contributed by atoms with E-state index in [-0.39, 0.29) is 17.7 Å². The van der Waals surface area contributed by atoms with Crippen LogP contribution in [0, 0.1) is 12.8 Å². The van der Waals surface area contributed by atoms with E-state index < -0.39 is 0 Å². The molecule has 0 saturated carbocycles. The Kier molecular flexibility index (Phi) is 5.30. The first-order valence-electron chi connectivity index (χ1n) is 7.26. The maximum Gasteiger partial charge on any atom is 0.271 e. The summed E-state index contributed by atoms with van der Waals surface area (Å²) in [5, 5.41) is 6.60. The normalized spacial score (nSPS) is 11.0. The molecular weight excluding hydrogens is 294 g/mol. The van der Waals surface area contributed by atoms with Crippen LogP contribution in [0.3, 0.4) is 0 Å². The topological polar surface area (TPSA) is 83.7 Å². The molecule has 0 atom stereocenters. The van der Waals surface area contributed by atoms with E-state index >= 15 is 0 Å². The maximum absolute atomic E-state index is 11.9. The molecule has 0 aliphatic rings. The molecular formula is C17H19N3O3. The number of rotatable bonds is 5. The van der Waals surface area contributed by atoms with Gasteiger partial charge in [-0.1, -0.05) is 13.8 Å². The van der Waals surface area contributed by atoms with Crippen LogP contribution < -0.4 is 10.7 Å². The van der Waals surface area contributed by atoms with Gasteiger partial charge < -0.3 is 9.73 Å². The minimum atomic E-state index is -0.341. The zero-order valence-electron chi connectivity index (χ0n) is 13.3. The molecule has 0 bridgehead atoms. The third kappa shape index (κ3) is 4.81. The number of nitrogens with one attached hydrogen (secondary N) is 2. The van der Waals surface area contributed by atoms with E-state index in [2.05, 4.69) is 15.8 Å². The summed E-state index contributed by atoms with van der Waals surface area (Å²) < 4.78 is 5.30. The predicted molar refractivity (Wildman–Crippen MR) is 88.4 cm³/mol. The molecule has 1 heterocycles. The lowest BCUT2D eigenvalue weighted by Crippen LogP contribution is -2.19. The van der Waals surface area contributed by atoms with E-state index in [4.69, 9.17) is 4.42 Å². The molecule has 0 radical (unpaired) electrons. The van der Waals surface area contributed by atoms with Crippen LogP contribution in [0.4, 0.5) is 5.69 Å². The number of hydrogen-bond donors (Lipinski definition) is 2. The Morgan fingerprint density at radius 3 is 2.39 bits per heavy atom. The first kappa shape index (κ1) is 16.5. The number of amides is 2. The molecule has 0 aliphatic heterocycles. The van der Waals surface area contributed by atoms with Crippen molar-refractivity contribution in [1.29, 1.82) is 0 Å². The average molecular weight is 313 g/mol. The SMILES string of the molecule is Cc1ccc(C=NNC(=O)c2ccc(NC(=O)C(C)C)cc2)o1. The number of hydrogen-bond acceptors (Lipinski definition) is 4. The van der Waals surface area contributed by atoms with Crippen molar-refractivity contribution in [3.63, 3.8) is 0 Å². The van der Waals surface area contributed by atoms with Crippen molar-refractivity contribution >= 4 is 23.7 Å². The van der Waals surface area contributed by atoms with Gasteiger partial charge in [-0.05, 0) is 43.3 Å². The molecule has 120 valence electrons. The molecule has 0 saturated heterocycles. The van der Waals surface area contributed by atoms with Crippen LogP contribution in [0.5, 0.6) is 0 Å². The van der Waals surface area contributed by atoms with Crippen molar-refractivity contribution in [2.45, 2.75) is 20.8 Å². The molecule has 2 rings (SSSR count). The van der Waals surface area contributed by atoms with Gasteiger partial charge in [-0.3, -0.25) is 9.59 Å². The Morgan fingerprint density at radius 1 is 1.13 bits per heavy atom. The Hall–Kier alpha value is -2.89. The lowest BCUT2D eigenvalue weighted by molar-refractivity contribution is -0.118. The van der Waals surface area contributed by atoms with Crippen LogP contribution in [0.25, 0.3) is 0 Å². The summed E-state index contributed by atoms with van der Waals surface area (Å²) >= 11 is 0. The van der Waals surface area contributed by atoms with Gasteiger partial charge in [-0.25, -0.2) is 5.43 Å². The van der Waals surface area contributed by atoms with Gasteiger partial charge in [0.2, 0.25) is 5.91 Å². The number of furan rings is 1. The van der Waals surface area contributed by atoms with Gasteiger partial charge in [0.15, 0.2) is 0 Å². The molecule has 23 heavy (non-hydrogen) atoms. The predicted octanol–water partition coefficient (Wildman–Crippen LogP) is 2.95. The highest BCUT2D eigenvalue weighted by Crippen LogP contribution is 2.11. The average Bonchev–Trinajstić information content (AvgIpc) is 2.93. The quantitative estimate of drug-likeness (QED) is 0.657. The fraction of sp³-hybridized carbons (Fsp3) is 0.235. The van der Waals surface area contributed by atoms with Crippen LogP contribution in [-0.2, 0) is 4.79 Å². The second kappa shape index (κ2) is 7.40. The van der Waals surface area contributed by atoms with Crippen molar-refractivity contribution in [1.82, 2.24) is 5.43 Å². The molecule has 2 N–H and O–H groups in total. The number of benzene rings is 1. The van der Waals surface area contributed by atoms with Crippen molar-refractivity contribution < 1.29 is 14.0 Å². The molecule has 0 fully saturated rings. The fourth-order valence-corrected chi connectivity index (χ4v) is 1.73. The standard InChI is InChI=1S/C17H19N3O3/c1-11(2)16(21)19-14-7-5-13(6-8-14)17(22)20-18-10-15-9-4-12(3)23-15/h4-11H,1-3H3,(H,19,21)(H,20,22). The Balaban J connectivity index is 1.92. The number of aryl methyl sites for hydroxylation is 1. The van der Waals surface area contributed by atoms with Crippen molar-refractivity contribution in [2.24, 2.45) is 11.0 Å². The molecule has 2 aromatic rings. The van der Waals surface area contributed by atoms with Crippen LogP contribution in [0.2, 0.25) is 0 Å². The Bertz CT molecular complexity index is 715. The largest absolute Gasteiger partial charge is 0.460 e. The third-order valence-corrected chi connectivity index (χ3v) is 3.06. The van der Waals surface area contributed by atoms with Crippen LogP contribution in [-0.4, -0.2) is 18.0 Å². The lowest BCUT2D eigenvalue weighted by atomic mass is 10.1.